The van der Waals surface area contributed by atoms with Gasteiger partial charge in [0.05, 0.1) is 12.4 Å². The molecule has 3 N–H and O–H groups in total. The van der Waals surface area contributed by atoms with Crippen LogP contribution >= 0.6 is 11.8 Å². The summed E-state index contributed by atoms with van der Waals surface area (Å²) < 4.78 is 36.6. The Morgan fingerprint density at radius 2 is 1.83 bits per heavy atom. The predicted molar refractivity (Wildman–Crippen MR) is 85.8 cm³/mol. The largest absolute Gasteiger partial charge is 0.490 e. The second kappa shape index (κ2) is 11.7. The molecule has 5 nitrogen and oxygen atoms in total. The lowest BCUT2D eigenvalue weighted by Gasteiger charge is -2.10. The number of rotatable bonds is 7. The van der Waals surface area contributed by atoms with Crippen LogP contribution in [0.5, 0.6) is 0 Å². The number of ether oxygens (including phenoxy) is 1. The van der Waals surface area contributed by atoms with Gasteiger partial charge in [-0.1, -0.05) is 30.3 Å². The molecule has 0 amide bonds. The first-order valence-corrected chi connectivity index (χ1v) is 8.15. The first-order valence-electron chi connectivity index (χ1n) is 6.99. The van der Waals surface area contributed by atoms with E-state index >= 15 is 0 Å². The minimum absolute atomic E-state index is 0.0804. The molecule has 0 radical (unpaired) electrons. The van der Waals surface area contributed by atoms with Crippen LogP contribution in [0.1, 0.15) is 12.5 Å². The van der Waals surface area contributed by atoms with Crippen LogP contribution in [-0.4, -0.2) is 47.4 Å². The molecule has 0 spiro atoms. The molecule has 1 aromatic carbocycles. The van der Waals surface area contributed by atoms with E-state index in [1.54, 1.807) is 0 Å². The van der Waals surface area contributed by atoms with E-state index in [4.69, 9.17) is 20.4 Å². The fraction of sp³-hybridized carbons (Fsp3) is 0.467. The average molecular weight is 367 g/mol. The predicted octanol–water partition coefficient (Wildman–Crippen LogP) is 2.49. The second-order valence-electron chi connectivity index (χ2n) is 4.57. The SMILES string of the molecule is CCOC(=O)CSC[C@@H](N)Cc1ccccc1.O=C(O)C(F)(F)F. The van der Waals surface area contributed by atoms with E-state index in [9.17, 15) is 18.0 Å². The minimum Gasteiger partial charge on any atom is -0.475 e. The Hall–Kier alpha value is -1.74. The number of carboxylic acid groups (broad SMARTS) is 1. The highest BCUT2D eigenvalue weighted by Crippen LogP contribution is 2.13. The zero-order valence-electron chi connectivity index (χ0n) is 13.1. The number of halogens is 3. The number of esters is 1. The van der Waals surface area contributed by atoms with E-state index in [-0.39, 0.29) is 12.0 Å². The van der Waals surface area contributed by atoms with E-state index < -0.39 is 12.1 Å². The number of carbonyl (C=O) groups is 2. The van der Waals surface area contributed by atoms with E-state index in [2.05, 4.69) is 12.1 Å². The van der Waals surface area contributed by atoms with Gasteiger partial charge in [0.25, 0.3) is 0 Å². The average Bonchev–Trinajstić information content (AvgIpc) is 2.48. The molecule has 136 valence electrons. The van der Waals surface area contributed by atoms with Gasteiger partial charge in [-0.3, -0.25) is 4.79 Å². The summed E-state index contributed by atoms with van der Waals surface area (Å²) in [5.41, 5.74) is 7.23. The third-order valence-electron chi connectivity index (χ3n) is 2.44. The highest BCUT2D eigenvalue weighted by molar-refractivity contribution is 7.99. The maximum Gasteiger partial charge on any atom is 0.490 e. The van der Waals surface area contributed by atoms with Gasteiger partial charge in [0.1, 0.15) is 0 Å². The quantitative estimate of drug-likeness (QED) is 0.720. The minimum atomic E-state index is -5.08. The van der Waals surface area contributed by atoms with E-state index in [1.165, 1.54) is 17.3 Å². The number of carbonyl (C=O) groups excluding carboxylic acids is 1. The first-order chi connectivity index (χ1) is 11.2. The lowest BCUT2D eigenvalue weighted by molar-refractivity contribution is -0.192. The zero-order chi connectivity index (χ0) is 18.6. The van der Waals surface area contributed by atoms with Crippen molar-refractivity contribution in [1.29, 1.82) is 0 Å². The van der Waals surface area contributed by atoms with Crippen molar-refractivity contribution in [2.45, 2.75) is 25.6 Å². The van der Waals surface area contributed by atoms with Crippen LogP contribution in [0, 0.1) is 0 Å². The van der Waals surface area contributed by atoms with Crippen molar-refractivity contribution in [2.75, 3.05) is 18.1 Å². The van der Waals surface area contributed by atoms with Crippen LogP contribution in [0.3, 0.4) is 0 Å². The molecule has 0 bridgehead atoms. The molecule has 0 aliphatic carbocycles. The fourth-order valence-electron chi connectivity index (χ4n) is 1.47. The number of alkyl halides is 3. The number of aliphatic carboxylic acids is 1. The van der Waals surface area contributed by atoms with Gasteiger partial charge in [0, 0.05) is 11.8 Å². The van der Waals surface area contributed by atoms with Crippen molar-refractivity contribution < 1.29 is 32.6 Å². The summed E-state index contributed by atoms with van der Waals surface area (Å²) in [6.45, 7) is 2.25. The number of carboxylic acids is 1. The highest BCUT2D eigenvalue weighted by Gasteiger charge is 2.38. The molecule has 0 saturated carbocycles. The van der Waals surface area contributed by atoms with E-state index in [0.29, 0.717) is 12.4 Å². The molecule has 0 aliphatic heterocycles. The van der Waals surface area contributed by atoms with Gasteiger partial charge in [-0.15, -0.1) is 11.8 Å². The van der Waals surface area contributed by atoms with Crippen LogP contribution < -0.4 is 5.73 Å². The maximum atomic E-state index is 11.1. The number of nitrogens with two attached hydrogens (primary N) is 1. The van der Waals surface area contributed by atoms with Crippen molar-refractivity contribution in [2.24, 2.45) is 5.73 Å². The molecular formula is C15H20F3NO4S. The fourth-order valence-corrected chi connectivity index (χ4v) is 2.26. The standard InChI is InChI=1S/C13H19NO2S.C2HF3O2/c1-2-16-13(15)10-17-9-12(14)8-11-6-4-3-5-7-11;3-2(4,5)1(6)7/h3-7,12H,2,8-10,14H2,1H3;(H,6,7)/t12-;/m0./s1. The molecule has 0 heterocycles. The number of thioether (sulfide) groups is 1. The Balaban J connectivity index is 0.000000640. The van der Waals surface area contributed by atoms with Crippen molar-refractivity contribution in [3.8, 4) is 0 Å². The molecule has 0 unspecified atom stereocenters. The monoisotopic (exact) mass is 367 g/mol. The van der Waals surface area contributed by atoms with Gasteiger partial charge < -0.3 is 15.6 Å². The molecule has 0 saturated heterocycles. The molecule has 0 fully saturated rings. The van der Waals surface area contributed by atoms with Gasteiger partial charge in [-0.05, 0) is 18.9 Å². The van der Waals surface area contributed by atoms with Gasteiger partial charge in [0.2, 0.25) is 0 Å². The number of hydrogen-bond acceptors (Lipinski definition) is 5. The maximum absolute atomic E-state index is 11.1. The van der Waals surface area contributed by atoms with Crippen molar-refractivity contribution in [1.82, 2.24) is 0 Å². The molecule has 0 aromatic heterocycles. The summed E-state index contributed by atoms with van der Waals surface area (Å²) in [4.78, 5) is 20.0. The first kappa shape index (κ1) is 22.3. The van der Waals surface area contributed by atoms with Crippen molar-refractivity contribution in [3.05, 3.63) is 35.9 Å². The van der Waals surface area contributed by atoms with Crippen molar-refractivity contribution >= 4 is 23.7 Å². The highest BCUT2D eigenvalue weighted by atomic mass is 32.2. The molecule has 24 heavy (non-hydrogen) atoms. The van der Waals surface area contributed by atoms with Gasteiger partial charge in [-0.25, -0.2) is 4.79 Å². The second-order valence-corrected chi connectivity index (χ2v) is 5.60. The Labute approximate surface area is 142 Å². The summed E-state index contributed by atoms with van der Waals surface area (Å²) in [6.07, 6.45) is -4.24. The molecule has 9 heteroatoms. The van der Waals surface area contributed by atoms with Gasteiger partial charge in [0.15, 0.2) is 0 Å². The van der Waals surface area contributed by atoms with E-state index in [0.717, 1.165) is 12.2 Å². The Morgan fingerprint density at radius 3 is 2.29 bits per heavy atom. The van der Waals surface area contributed by atoms with Crippen molar-refractivity contribution in [3.63, 3.8) is 0 Å². The van der Waals surface area contributed by atoms with Crippen LogP contribution in [0.15, 0.2) is 30.3 Å². The molecule has 0 aliphatic rings. The van der Waals surface area contributed by atoms with Crippen LogP contribution in [-0.2, 0) is 20.7 Å². The summed E-state index contributed by atoms with van der Waals surface area (Å²) in [7, 11) is 0. The third kappa shape index (κ3) is 11.8. The molecule has 1 atom stereocenters. The Bertz CT molecular complexity index is 497. The molecular weight excluding hydrogens is 347 g/mol. The molecule has 1 rings (SSSR count). The van der Waals surface area contributed by atoms with Crippen LogP contribution in [0.2, 0.25) is 0 Å². The van der Waals surface area contributed by atoms with Gasteiger partial charge in [-0.2, -0.15) is 13.2 Å². The summed E-state index contributed by atoms with van der Waals surface area (Å²) in [5.74, 6) is -1.76. The van der Waals surface area contributed by atoms with Gasteiger partial charge >= 0.3 is 18.1 Å². The topological polar surface area (TPSA) is 89.6 Å². The lowest BCUT2D eigenvalue weighted by atomic mass is 10.1. The third-order valence-corrected chi connectivity index (χ3v) is 3.54. The normalized spacial score (nSPS) is 11.9. The zero-order valence-corrected chi connectivity index (χ0v) is 13.9. The Morgan fingerprint density at radius 1 is 1.29 bits per heavy atom. The molecule has 1 aromatic rings. The Kier molecular flexibility index (Phi) is 10.9. The van der Waals surface area contributed by atoms with Crippen LogP contribution in [0.25, 0.3) is 0 Å². The smallest absolute Gasteiger partial charge is 0.475 e. The lowest BCUT2D eigenvalue weighted by Crippen LogP contribution is -2.26. The van der Waals surface area contributed by atoms with Crippen LogP contribution in [0.4, 0.5) is 13.2 Å². The summed E-state index contributed by atoms with van der Waals surface area (Å²) >= 11 is 1.53. The summed E-state index contributed by atoms with van der Waals surface area (Å²) in [6, 6.07) is 10.2. The number of benzene rings is 1. The van der Waals surface area contributed by atoms with E-state index in [1.807, 2.05) is 25.1 Å². The summed E-state index contributed by atoms with van der Waals surface area (Å²) in [5, 5.41) is 7.12. The number of hydrogen-bond donors (Lipinski definition) is 2.